The van der Waals surface area contributed by atoms with Crippen LogP contribution in [0.4, 0.5) is 0 Å². The van der Waals surface area contributed by atoms with E-state index in [1.54, 1.807) is 6.20 Å². The molecule has 3 rings (SSSR count). The maximum Gasteiger partial charge on any atom is 0.0634 e. The van der Waals surface area contributed by atoms with E-state index in [9.17, 15) is 0 Å². The van der Waals surface area contributed by atoms with Crippen LogP contribution in [0.3, 0.4) is 0 Å². The highest BCUT2D eigenvalue weighted by Crippen LogP contribution is 2.45. The summed E-state index contributed by atoms with van der Waals surface area (Å²) in [6, 6.07) is 2.62. The van der Waals surface area contributed by atoms with Crippen LogP contribution in [0.5, 0.6) is 0 Å². The SMILES string of the molecule is CC(C)C1CN(Cc2ccncc2Cl)C(C)(C2CC2)CN1. The number of halogens is 1. The predicted octanol–water partition coefficient (Wildman–Crippen LogP) is 3.33. The monoisotopic (exact) mass is 307 g/mol. The van der Waals surface area contributed by atoms with Gasteiger partial charge in [-0.2, -0.15) is 0 Å². The summed E-state index contributed by atoms with van der Waals surface area (Å²) in [6.07, 6.45) is 6.33. The molecule has 1 aliphatic heterocycles. The van der Waals surface area contributed by atoms with E-state index < -0.39 is 0 Å². The van der Waals surface area contributed by atoms with Crippen molar-refractivity contribution in [2.45, 2.75) is 51.7 Å². The van der Waals surface area contributed by atoms with Crippen molar-refractivity contribution >= 4 is 11.6 Å². The second-order valence-electron chi connectivity index (χ2n) is 7.21. The highest BCUT2D eigenvalue weighted by atomic mass is 35.5. The van der Waals surface area contributed by atoms with Crippen molar-refractivity contribution in [3.63, 3.8) is 0 Å². The van der Waals surface area contributed by atoms with Gasteiger partial charge in [0.15, 0.2) is 0 Å². The van der Waals surface area contributed by atoms with E-state index in [0.29, 0.717) is 12.0 Å². The van der Waals surface area contributed by atoms with Gasteiger partial charge in [0.2, 0.25) is 0 Å². The zero-order valence-electron chi connectivity index (χ0n) is 13.3. The third-order valence-corrected chi connectivity index (χ3v) is 5.68. The molecular formula is C17H26ClN3. The molecule has 21 heavy (non-hydrogen) atoms. The Morgan fingerprint density at radius 1 is 1.48 bits per heavy atom. The van der Waals surface area contributed by atoms with E-state index in [2.05, 4.69) is 42.0 Å². The summed E-state index contributed by atoms with van der Waals surface area (Å²) in [5.41, 5.74) is 1.46. The van der Waals surface area contributed by atoms with Crippen LogP contribution in [0.25, 0.3) is 0 Å². The first-order valence-corrected chi connectivity index (χ1v) is 8.45. The Labute approximate surface area is 133 Å². The Morgan fingerprint density at radius 3 is 2.86 bits per heavy atom. The summed E-state index contributed by atoms with van der Waals surface area (Å²) in [5, 5.41) is 4.56. The topological polar surface area (TPSA) is 28.2 Å². The molecular weight excluding hydrogens is 282 g/mol. The maximum absolute atomic E-state index is 6.33. The van der Waals surface area contributed by atoms with Crippen LogP contribution in [0.15, 0.2) is 18.5 Å². The zero-order valence-corrected chi connectivity index (χ0v) is 14.0. The number of nitrogens with zero attached hydrogens (tertiary/aromatic N) is 2. The summed E-state index contributed by atoms with van der Waals surface area (Å²) in [7, 11) is 0. The second kappa shape index (κ2) is 5.86. The molecule has 1 aliphatic carbocycles. The normalized spacial score (nSPS) is 30.8. The Bertz CT molecular complexity index is 501. The minimum Gasteiger partial charge on any atom is -0.311 e. The lowest BCUT2D eigenvalue weighted by atomic mass is 9.87. The van der Waals surface area contributed by atoms with Crippen LogP contribution in [-0.4, -0.2) is 34.6 Å². The van der Waals surface area contributed by atoms with Crippen LogP contribution in [0.1, 0.15) is 39.2 Å². The van der Waals surface area contributed by atoms with Gasteiger partial charge in [0.05, 0.1) is 5.02 Å². The molecule has 2 fully saturated rings. The molecule has 0 bridgehead atoms. The Morgan fingerprint density at radius 2 is 2.24 bits per heavy atom. The first kappa shape index (κ1) is 15.3. The van der Waals surface area contributed by atoms with E-state index >= 15 is 0 Å². The number of pyridine rings is 1. The fourth-order valence-corrected chi connectivity index (χ4v) is 3.68. The fourth-order valence-electron chi connectivity index (χ4n) is 3.50. The third kappa shape index (κ3) is 3.10. The molecule has 1 saturated heterocycles. The van der Waals surface area contributed by atoms with E-state index in [-0.39, 0.29) is 5.54 Å². The van der Waals surface area contributed by atoms with Gasteiger partial charge in [0.1, 0.15) is 0 Å². The molecule has 3 nitrogen and oxygen atoms in total. The van der Waals surface area contributed by atoms with E-state index in [1.165, 1.54) is 18.4 Å². The number of nitrogens with one attached hydrogen (secondary N) is 1. The van der Waals surface area contributed by atoms with Crippen LogP contribution in [0.2, 0.25) is 5.02 Å². The molecule has 0 aromatic carbocycles. The number of piperazine rings is 1. The molecule has 2 unspecified atom stereocenters. The fraction of sp³-hybridized carbons (Fsp3) is 0.706. The molecule has 4 heteroatoms. The van der Waals surface area contributed by atoms with Gasteiger partial charge in [0.25, 0.3) is 0 Å². The largest absolute Gasteiger partial charge is 0.311 e. The average molecular weight is 308 g/mol. The van der Waals surface area contributed by atoms with Crippen LogP contribution in [-0.2, 0) is 6.54 Å². The summed E-state index contributed by atoms with van der Waals surface area (Å²) < 4.78 is 0. The predicted molar refractivity (Wildman–Crippen MR) is 87.4 cm³/mol. The second-order valence-corrected chi connectivity index (χ2v) is 7.62. The van der Waals surface area contributed by atoms with Crippen LogP contribution in [0, 0.1) is 11.8 Å². The van der Waals surface area contributed by atoms with Crippen molar-refractivity contribution in [3.05, 3.63) is 29.0 Å². The molecule has 2 heterocycles. The molecule has 0 amide bonds. The first-order chi connectivity index (χ1) is 10.0. The van der Waals surface area contributed by atoms with Gasteiger partial charge in [0, 0.05) is 43.6 Å². The van der Waals surface area contributed by atoms with Gasteiger partial charge in [-0.05, 0) is 43.2 Å². The van der Waals surface area contributed by atoms with Crippen molar-refractivity contribution in [1.29, 1.82) is 0 Å². The molecule has 116 valence electrons. The van der Waals surface area contributed by atoms with Gasteiger partial charge < -0.3 is 5.32 Å². The van der Waals surface area contributed by atoms with Crippen molar-refractivity contribution in [3.8, 4) is 0 Å². The zero-order chi connectivity index (χ0) is 15.0. The Kier molecular flexibility index (Phi) is 4.26. The van der Waals surface area contributed by atoms with Crippen molar-refractivity contribution in [2.24, 2.45) is 11.8 Å². The van der Waals surface area contributed by atoms with Gasteiger partial charge in [-0.3, -0.25) is 9.88 Å². The smallest absolute Gasteiger partial charge is 0.0634 e. The Hall–Kier alpha value is -0.640. The maximum atomic E-state index is 6.33. The summed E-state index contributed by atoms with van der Waals surface area (Å²) in [4.78, 5) is 6.76. The number of hydrogen-bond acceptors (Lipinski definition) is 3. The molecule has 0 spiro atoms. The van der Waals surface area contributed by atoms with Gasteiger partial charge >= 0.3 is 0 Å². The molecule has 2 aliphatic rings. The lowest BCUT2D eigenvalue weighted by molar-refractivity contribution is 0.0187. The van der Waals surface area contributed by atoms with E-state index in [1.807, 2.05) is 6.20 Å². The van der Waals surface area contributed by atoms with Gasteiger partial charge in [-0.15, -0.1) is 0 Å². The molecule has 1 aromatic rings. The quantitative estimate of drug-likeness (QED) is 0.925. The average Bonchev–Trinajstić information content (AvgIpc) is 3.28. The summed E-state index contributed by atoms with van der Waals surface area (Å²) in [5.74, 6) is 1.49. The van der Waals surface area contributed by atoms with Crippen molar-refractivity contribution < 1.29 is 0 Å². The Balaban J connectivity index is 1.81. The summed E-state index contributed by atoms with van der Waals surface area (Å²) in [6.45, 7) is 10.1. The number of hydrogen-bond donors (Lipinski definition) is 1. The summed E-state index contributed by atoms with van der Waals surface area (Å²) >= 11 is 6.33. The number of aromatic nitrogens is 1. The van der Waals surface area contributed by atoms with Crippen molar-refractivity contribution in [1.82, 2.24) is 15.2 Å². The molecule has 1 saturated carbocycles. The van der Waals surface area contributed by atoms with Crippen LogP contribution >= 0.6 is 11.6 Å². The van der Waals surface area contributed by atoms with Gasteiger partial charge in [-0.1, -0.05) is 25.4 Å². The first-order valence-electron chi connectivity index (χ1n) is 8.07. The molecule has 1 aromatic heterocycles. The molecule has 1 N–H and O–H groups in total. The van der Waals surface area contributed by atoms with E-state index in [0.717, 1.165) is 30.6 Å². The molecule has 0 radical (unpaired) electrons. The van der Waals surface area contributed by atoms with Crippen molar-refractivity contribution in [2.75, 3.05) is 13.1 Å². The van der Waals surface area contributed by atoms with Gasteiger partial charge in [-0.25, -0.2) is 0 Å². The lowest BCUT2D eigenvalue weighted by Crippen LogP contribution is -2.65. The standard InChI is InChI=1S/C17H26ClN3/c1-12(2)16-10-21(9-13-6-7-19-8-15(13)18)17(3,11-20-16)14-4-5-14/h6-8,12,14,16,20H,4-5,9-11H2,1-3H3. The number of rotatable bonds is 4. The molecule has 2 atom stereocenters. The van der Waals surface area contributed by atoms with Crippen LogP contribution < -0.4 is 5.32 Å². The minimum absolute atomic E-state index is 0.262. The minimum atomic E-state index is 0.262. The highest BCUT2D eigenvalue weighted by Gasteiger charge is 2.48. The lowest BCUT2D eigenvalue weighted by Gasteiger charge is -2.49. The highest BCUT2D eigenvalue weighted by molar-refractivity contribution is 6.31. The third-order valence-electron chi connectivity index (χ3n) is 5.34. The van der Waals surface area contributed by atoms with E-state index in [4.69, 9.17) is 11.6 Å².